The number of aromatic nitrogens is 3. The lowest BCUT2D eigenvalue weighted by atomic mass is 9.77. The van der Waals surface area contributed by atoms with Crippen molar-refractivity contribution in [3.8, 4) is 62.2 Å². The molecule has 5 nitrogen and oxygen atoms in total. The molecule has 3 aliphatic heterocycles. The molecule has 0 saturated carbocycles. The number of aryl methyl sites for hydroxylation is 1. The maximum atomic E-state index is 7.27. The SMILES string of the molecule is Cc1cc2c3c(c1-c1cc(C(C)(C)C)cc(C(C)(C)C)c1)Oc1cccc4c1C3([n+]1ccccc1O4)[n+]1c(C)c(-c3ccc(-c4ccccc4)cc3)c(C)n1-2. The van der Waals surface area contributed by atoms with E-state index in [0.717, 1.165) is 45.5 Å². The summed E-state index contributed by atoms with van der Waals surface area (Å²) in [7, 11) is 0. The average molecular weight is 722 g/mol. The first-order chi connectivity index (χ1) is 26.3. The minimum absolute atomic E-state index is 0.0327. The van der Waals surface area contributed by atoms with Crippen LogP contribution in [0.25, 0.3) is 39.1 Å². The number of hydrogen-bond acceptors (Lipinski definition) is 2. The Kier molecular flexibility index (Phi) is 6.91. The number of pyridine rings is 1. The van der Waals surface area contributed by atoms with E-state index in [0.29, 0.717) is 0 Å². The van der Waals surface area contributed by atoms with Crippen molar-refractivity contribution in [2.45, 2.75) is 78.8 Å². The summed E-state index contributed by atoms with van der Waals surface area (Å²) in [6.45, 7) is 20.6. The molecule has 0 radical (unpaired) electrons. The van der Waals surface area contributed by atoms with E-state index in [4.69, 9.17) is 9.47 Å². The molecule has 5 aromatic carbocycles. The number of benzene rings is 5. The summed E-state index contributed by atoms with van der Waals surface area (Å²) in [6, 6.07) is 41.7. The smallest absolute Gasteiger partial charge is 0.452 e. The molecule has 5 heterocycles. The fourth-order valence-corrected chi connectivity index (χ4v) is 9.40. The molecule has 0 fully saturated rings. The van der Waals surface area contributed by atoms with Crippen molar-refractivity contribution in [1.29, 1.82) is 0 Å². The maximum absolute atomic E-state index is 7.27. The molecule has 0 saturated heterocycles. The van der Waals surface area contributed by atoms with Gasteiger partial charge in [-0.1, -0.05) is 125 Å². The molecule has 1 atom stereocenters. The zero-order valence-corrected chi connectivity index (χ0v) is 33.2. The quantitative estimate of drug-likeness (QED) is 0.170. The van der Waals surface area contributed by atoms with E-state index in [9.17, 15) is 0 Å². The average Bonchev–Trinajstić information content (AvgIpc) is 3.61. The number of ether oxygens (including phenoxy) is 2. The molecule has 1 spiro atoms. The van der Waals surface area contributed by atoms with Crippen LogP contribution in [0, 0.1) is 20.8 Å². The van der Waals surface area contributed by atoms with Gasteiger partial charge in [0.25, 0.3) is 0 Å². The molecule has 10 rings (SSSR count). The highest BCUT2D eigenvalue weighted by molar-refractivity contribution is 5.84. The third-order valence-corrected chi connectivity index (χ3v) is 12.1. The molecule has 5 heteroatoms. The van der Waals surface area contributed by atoms with Gasteiger partial charge in [0.15, 0.2) is 28.8 Å². The Hall–Kier alpha value is -5.94. The second-order valence-electron chi connectivity index (χ2n) is 17.6. The molecule has 0 N–H and O–H groups in total. The Bertz CT molecular complexity index is 2710. The van der Waals surface area contributed by atoms with Gasteiger partial charge in [-0.15, -0.1) is 4.68 Å². The van der Waals surface area contributed by atoms with Gasteiger partial charge in [0.2, 0.25) is 5.69 Å². The minimum atomic E-state index is -0.822. The van der Waals surface area contributed by atoms with Crippen molar-refractivity contribution in [3.05, 3.63) is 161 Å². The van der Waals surface area contributed by atoms with E-state index >= 15 is 0 Å². The largest absolute Gasteiger partial charge is 0.455 e. The summed E-state index contributed by atoms with van der Waals surface area (Å²) in [5.74, 6) is 3.30. The van der Waals surface area contributed by atoms with E-state index < -0.39 is 5.66 Å². The van der Waals surface area contributed by atoms with E-state index in [1.807, 2.05) is 0 Å². The van der Waals surface area contributed by atoms with Crippen LogP contribution in [0.4, 0.5) is 0 Å². The second-order valence-corrected chi connectivity index (χ2v) is 17.6. The Labute approximate surface area is 324 Å². The molecule has 0 aliphatic carbocycles. The van der Waals surface area contributed by atoms with Crippen LogP contribution in [0.2, 0.25) is 0 Å². The van der Waals surface area contributed by atoms with E-state index in [1.54, 1.807) is 0 Å². The summed E-state index contributed by atoms with van der Waals surface area (Å²) in [4.78, 5) is 0. The van der Waals surface area contributed by atoms with Crippen LogP contribution in [-0.4, -0.2) is 4.68 Å². The van der Waals surface area contributed by atoms with E-state index in [-0.39, 0.29) is 10.8 Å². The van der Waals surface area contributed by atoms with Crippen molar-refractivity contribution in [1.82, 2.24) is 4.68 Å². The third-order valence-electron chi connectivity index (χ3n) is 12.1. The lowest BCUT2D eigenvalue weighted by Gasteiger charge is -2.33. The van der Waals surface area contributed by atoms with Crippen molar-refractivity contribution < 1.29 is 18.7 Å². The van der Waals surface area contributed by atoms with Crippen molar-refractivity contribution in [3.63, 3.8) is 0 Å². The maximum Gasteiger partial charge on any atom is 0.452 e. The first kappa shape index (κ1) is 33.6. The number of rotatable bonds is 3. The van der Waals surface area contributed by atoms with Gasteiger partial charge < -0.3 is 9.47 Å². The molecule has 1 unspecified atom stereocenters. The normalized spacial score (nSPS) is 16.1. The third kappa shape index (κ3) is 4.59. The molecular weight excluding hydrogens is 675 g/mol. The Balaban J connectivity index is 1.31. The monoisotopic (exact) mass is 721 g/mol. The van der Waals surface area contributed by atoms with Gasteiger partial charge in [-0.3, -0.25) is 0 Å². The highest BCUT2D eigenvalue weighted by Crippen LogP contribution is 2.59. The standard InChI is InChI=1S/C50H47N3O2/c1-30-26-39-45-47(43(30)36-27-37(48(4,5)6)29-38(28-36)49(7,8)9)55-41-19-15-18-40-46(41)50(45,51-25-14-13-20-42(51)54-40)53-32(3)44(31(2)52(39)53)35-23-21-34(22-24-35)33-16-11-10-12-17-33/h10-29H,1-9H3/q+2. The van der Waals surface area contributed by atoms with Gasteiger partial charge in [-0.05, 0) is 92.6 Å². The highest BCUT2D eigenvalue weighted by atomic mass is 16.5. The number of hydrogen-bond donors (Lipinski definition) is 0. The fourth-order valence-electron chi connectivity index (χ4n) is 9.40. The summed E-state index contributed by atoms with van der Waals surface area (Å²) < 4.78 is 21.3. The van der Waals surface area contributed by atoms with Gasteiger partial charge in [0.1, 0.15) is 11.4 Å². The highest BCUT2D eigenvalue weighted by Gasteiger charge is 2.73. The molecule has 0 amide bonds. The molecular formula is C50H47N3O2+2. The number of fused-ring (bicyclic) bond motifs is 3. The van der Waals surface area contributed by atoms with Crippen LogP contribution < -0.4 is 18.7 Å². The van der Waals surface area contributed by atoms with Crippen LogP contribution >= 0.6 is 0 Å². The number of nitrogens with zero attached hydrogens (tertiary/aromatic N) is 3. The van der Waals surface area contributed by atoms with Crippen LogP contribution in [0.5, 0.6) is 23.1 Å². The Morgan fingerprint density at radius 1 is 0.564 bits per heavy atom. The van der Waals surface area contributed by atoms with Gasteiger partial charge in [-0.25, -0.2) is 0 Å². The van der Waals surface area contributed by atoms with Gasteiger partial charge in [-0.2, -0.15) is 0 Å². The van der Waals surface area contributed by atoms with Crippen molar-refractivity contribution in [2.24, 2.45) is 0 Å². The molecule has 55 heavy (non-hydrogen) atoms. The van der Waals surface area contributed by atoms with Gasteiger partial charge >= 0.3 is 11.5 Å². The molecule has 272 valence electrons. The predicted molar refractivity (Wildman–Crippen MR) is 219 cm³/mol. The minimum Gasteiger partial charge on any atom is -0.455 e. The molecule has 7 aromatic rings. The predicted octanol–water partition coefficient (Wildman–Crippen LogP) is 11.4. The van der Waals surface area contributed by atoms with Crippen LogP contribution in [-0.2, 0) is 16.5 Å². The Morgan fingerprint density at radius 3 is 1.85 bits per heavy atom. The van der Waals surface area contributed by atoms with Crippen LogP contribution in [0.1, 0.15) is 80.7 Å². The lowest BCUT2D eigenvalue weighted by molar-refractivity contribution is -0.999. The summed E-state index contributed by atoms with van der Waals surface area (Å²) in [6.07, 6.45) is 2.17. The van der Waals surface area contributed by atoms with Crippen molar-refractivity contribution in [2.75, 3.05) is 0 Å². The summed E-state index contributed by atoms with van der Waals surface area (Å²) in [5.41, 5.74) is 15.7. The zero-order valence-electron chi connectivity index (χ0n) is 33.2. The summed E-state index contributed by atoms with van der Waals surface area (Å²) in [5, 5.41) is 0. The van der Waals surface area contributed by atoms with Crippen LogP contribution in [0.15, 0.2) is 121 Å². The molecule has 3 aliphatic rings. The zero-order chi connectivity index (χ0) is 38.2. The first-order valence-corrected chi connectivity index (χ1v) is 19.4. The Morgan fingerprint density at radius 2 is 1.18 bits per heavy atom. The van der Waals surface area contributed by atoms with Gasteiger partial charge in [0.05, 0.1) is 17.3 Å². The molecule has 0 bridgehead atoms. The topological polar surface area (TPSA) is 31.1 Å². The summed E-state index contributed by atoms with van der Waals surface area (Å²) >= 11 is 0. The van der Waals surface area contributed by atoms with Gasteiger partial charge in [0, 0.05) is 18.6 Å². The first-order valence-electron chi connectivity index (χ1n) is 19.4. The van der Waals surface area contributed by atoms with Crippen molar-refractivity contribution >= 4 is 0 Å². The van der Waals surface area contributed by atoms with E-state index in [1.165, 1.54) is 55.9 Å². The fraction of sp³-hybridized carbons (Fsp3) is 0.240. The molecule has 2 aromatic heterocycles. The van der Waals surface area contributed by atoms with Crippen LogP contribution in [0.3, 0.4) is 0 Å². The lowest BCUT2D eigenvalue weighted by Crippen LogP contribution is -2.76. The van der Waals surface area contributed by atoms with E-state index in [2.05, 4.69) is 198 Å². The second kappa shape index (κ2) is 11.3.